The van der Waals surface area contributed by atoms with Gasteiger partial charge in [-0.2, -0.15) is 0 Å². The Hall–Kier alpha value is -1.75. The normalized spacial score (nSPS) is 38.6. The maximum Gasteiger partial charge on any atom is 0.231 e. The number of ether oxygens (including phenoxy) is 2. The lowest BCUT2D eigenvalue weighted by atomic mass is 9.47. The molecule has 25 heavy (non-hydrogen) atoms. The van der Waals surface area contributed by atoms with Gasteiger partial charge in [0.1, 0.15) is 0 Å². The summed E-state index contributed by atoms with van der Waals surface area (Å²) >= 11 is 0. The zero-order chi connectivity index (χ0) is 17.2. The molecule has 1 heterocycles. The van der Waals surface area contributed by atoms with Gasteiger partial charge in [-0.1, -0.05) is 6.07 Å². The Kier molecular flexibility index (Phi) is 3.18. The summed E-state index contributed by atoms with van der Waals surface area (Å²) in [5.74, 6) is 2.63. The molecule has 1 aromatic rings. The molecule has 134 valence electrons. The Morgan fingerprint density at radius 2 is 1.92 bits per heavy atom. The first kappa shape index (κ1) is 15.5. The lowest BCUT2D eigenvalue weighted by Crippen LogP contribution is -2.60. The summed E-state index contributed by atoms with van der Waals surface area (Å²) in [6.07, 6.45) is 5.46. The molecule has 1 aliphatic heterocycles. The number of hydrogen-bond acceptors (Lipinski definition) is 4. The third kappa shape index (κ3) is 2.43. The maximum atomic E-state index is 13.2. The maximum absolute atomic E-state index is 13.2. The Morgan fingerprint density at radius 3 is 2.64 bits per heavy atom. The molecule has 1 aromatic carbocycles. The fourth-order valence-corrected chi connectivity index (χ4v) is 6.10. The van der Waals surface area contributed by atoms with Gasteiger partial charge in [-0.15, -0.1) is 0 Å². The number of rotatable bonds is 3. The smallest absolute Gasteiger partial charge is 0.231 e. The summed E-state index contributed by atoms with van der Waals surface area (Å²) < 4.78 is 10.8. The molecule has 2 N–H and O–H groups in total. The van der Waals surface area contributed by atoms with E-state index in [1.54, 1.807) is 0 Å². The second-order valence-corrected chi connectivity index (χ2v) is 8.77. The van der Waals surface area contributed by atoms with Gasteiger partial charge in [0.05, 0.1) is 17.1 Å². The molecule has 0 unspecified atom stereocenters. The summed E-state index contributed by atoms with van der Waals surface area (Å²) in [5, 5.41) is 14.1. The molecule has 4 saturated carbocycles. The second kappa shape index (κ2) is 5.13. The van der Waals surface area contributed by atoms with E-state index in [1.807, 2.05) is 25.1 Å². The summed E-state index contributed by atoms with van der Waals surface area (Å²) in [6.45, 7) is 2.26. The van der Waals surface area contributed by atoms with Crippen LogP contribution >= 0.6 is 0 Å². The molecule has 0 radical (unpaired) electrons. The van der Waals surface area contributed by atoms with Gasteiger partial charge >= 0.3 is 0 Å². The highest BCUT2D eigenvalue weighted by atomic mass is 16.7. The van der Waals surface area contributed by atoms with E-state index in [9.17, 15) is 9.90 Å². The van der Waals surface area contributed by atoms with E-state index in [4.69, 9.17) is 9.47 Å². The number of hydrogen-bond donors (Lipinski definition) is 2. The van der Waals surface area contributed by atoms with E-state index >= 15 is 0 Å². The predicted octanol–water partition coefficient (Wildman–Crippen LogP) is 2.92. The lowest BCUT2D eigenvalue weighted by molar-refractivity contribution is -0.178. The van der Waals surface area contributed by atoms with Crippen LogP contribution in [0.25, 0.3) is 0 Å². The highest BCUT2D eigenvalue weighted by Crippen LogP contribution is 2.61. The lowest BCUT2D eigenvalue weighted by Gasteiger charge is -2.59. The van der Waals surface area contributed by atoms with Gasteiger partial charge in [0.25, 0.3) is 0 Å². The molecule has 0 spiro atoms. The summed E-state index contributed by atoms with van der Waals surface area (Å²) in [4.78, 5) is 13.2. The van der Waals surface area contributed by atoms with Crippen LogP contribution in [-0.2, 0) is 4.79 Å². The van der Waals surface area contributed by atoms with Crippen molar-refractivity contribution in [3.05, 3.63) is 23.8 Å². The highest BCUT2D eigenvalue weighted by molar-refractivity contribution is 5.83. The number of fused-ring (bicyclic) bond motifs is 1. The van der Waals surface area contributed by atoms with Crippen LogP contribution in [0.2, 0.25) is 0 Å². The van der Waals surface area contributed by atoms with Crippen LogP contribution < -0.4 is 14.8 Å². The highest BCUT2D eigenvalue weighted by Gasteiger charge is 2.60. The first-order valence-electron chi connectivity index (χ1n) is 9.38. The number of amides is 1. The zero-order valence-electron chi connectivity index (χ0n) is 14.6. The SMILES string of the molecule is C[C@H](NC(=O)C12C[C@H]3C[C@@H](CC(O)(C3)C1)C2)c1ccc2c(c1)OCO2. The summed E-state index contributed by atoms with van der Waals surface area (Å²) in [7, 11) is 0. The van der Waals surface area contributed by atoms with Crippen molar-refractivity contribution in [3.8, 4) is 11.5 Å². The van der Waals surface area contributed by atoms with Gasteiger partial charge in [-0.05, 0) is 75.0 Å². The van der Waals surface area contributed by atoms with Crippen molar-refractivity contribution in [2.45, 2.75) is 57.1 Å². The van der Waals surface area contributed by atoms with Gasteiger partial charge in [0, 0.05) is 0 Å². The van der Waals surface area contributed by atoms with Crippen molar-refractivity contribution < 1.29 is 19.4 Å². The summed E-state index contributed by atoms with van der Waals surface area (Å²) in [5.41, 5.74) is 0.0355. The van der Waals surface area contributed by atoms with Crippen LogP contribution in [0.3, 0.4) is 0 Å². The average molecular weight is 343 g/mol. The molecule has 4 bridgehead atoms. The fraction of sp³-hybridized carbons (Fsp3) is 0.650. The minimum Gasteiger partial charge on any atom is -0.454 e. The quantitative estimate of drug-likeness (QED) is 0.885. The van der Waals surface area contributed by atoms with Crippen molar-refractivity contribution in [3.63, 3.8) is 0 Å². The van der Waals surface area contributed by atoms with Crippen molar-refractivity contribution in [1.29, 1.82) is 0 Å². The third-order valence-corrected chi connectivity index (χ3v) is 6.76. The van der Waals surface area contributed by atoms with Crippen LogP contribution in [0.1, 0.15) is 57.1 Å². The number of carbonyl (C=O) groups is 1. The molecular weight excluding hydrogens is 318 g/mol. The Balaban J connectivity index is 1.35. The molecule has 4 aliphatic carbocycles. The molecule has 3 atom stereocenters. The van der Waals surface area contributed by atoms with Gasteiger partial charge < -0.3 is 19.9 Å². The Labute approximate surface area is 147 Å². The van der Waals surface area contributed by atoms with Gasteiger partial charge in [-0.25, -0.2) is 0 Å². The second-order valence-electron chi connectivity index (χ2n) is 8.77. The van der Waals surface area contributed by atoms with E-state index in [0.29, 0.717) is 18.3 Å². The van der Waals surface area contributed by atoms with Gasteiger partial charge in [0.15, 0.2) is 11.5 Å². The molecule has 4 fully saturated rings. The van der Waals surface area contributed by atoms with Crippen molar-refractivity contribution in [2.24, 2.45) is 17.3 Å². The average Bonchev–Trinajstić information content (AvgIpc) is 2.99. The largest absolute Gasteiger partial charge is 0.454 e. The minimum atomic E-state index is -0.608. The standard InChI is InChI=1S/C20H25NO4/c1-12(15-2-3-16-17(5-15)25-11-24-16)21-18(22)19-6-13-4-14(7-19)9-20(23,8-13)10-19/h2-3,5,12-14,23H,4,6-11H2,1H3,(H,21,22)/t12-,13+,14+,19?,20?/m0/s1. The number of nitrogens with one attached hydrogen (secondary N) is 1. The van der Waals surface area contributed by atoms with E-state index in [0.717, 1.165) is 42.7 Å². The molecule has 0 saturated heterocycles. The summed E-state index contributed by atoms with van der Waals surface area (Å²) in [6, 6.07) is 5.73. The van der Waals surface area contributed by atoms with Crippen molar-refractivity contribution in [2.75, 3.05) is 6.79 Å². The van der Waals surface area contributed by atoms with Crippen molar-refractivity contribution in [1.82, 2.24) is 5.32 Å². The van der Waals surface area contributed by atoms with Crippen LogP contribution in [0.4, 0.5) is 0 Å². The topological polar surface area (TPSA) is 67.8 Å². The molecule has 5 heteroatoms. The third-order valence-electron chi connectivity index (χ3n) is 6.76. The van der Waals surface area contributed by atoms with Crippen molar-refractivity contribution >= 4 is 5.91 Å². The fourth-order valence-electron chi connectivity index (χ4n) is 6.10. The van der Waals surface area contributed by atoms with E-state index < -0.39 is 5.60 Å². The molecule has 5 aliphatic rings. The zero-order valence-corrected chi connectivity index (χ0v) is 14.6. The first-order chi connectivity index (χ1) is 11.9. The molecule has 6 rings (SSSR count). The number of aliphatic hydroxyl groups is 1. The molecule has 0 aromatic heterocycles. The van der Waals surface area contributed by atoms with E-state index in [-0.39, 0.29) is 24.2 Å². The number of benzene rings is 1. The number of carbonyl (C=O) groups excluding carboxylic acids is 1. The van der Waals surface area contributed by atoms with Crippen LogP contribution in [0, 0.1) is 17.3 Å². The molecule has 5 nitrogen and oxygen atoms in total. The molecule has 1 amide bonds. The Bertz CT molecular complexity index is 716. The first-order valence-corrected chi connectivity index (χ1v) is 9.38. The van der Waals surface area contributed by atoms with Crippen LogP contribution in [-0.4, -0.2) is 23.4 Å². The van der Waals surface area contributed by atoms with E-state index in [2.05, 4.69) is 5.32 Å². The predicted molar refractivity (Wildman–Crippen MR) is 91.2 cm³/mol. The monoisotopic (exact) mass is 343 g/mol. The van der Waals surface area contributed by atoms with E-state index in [1.165, 1.54) is 6.42 Å². The van der Waals surface area contributed by atoms with Crippen LogP contribution in [0.15, 0.2) is 18.2 Å². The molecular formula is C20H25NO4. The minimum absolute atomic E-state index is 0.0929. The Morgan fingerprint density at radius 1 is 1.20 bits per heavy atom. The van der Waals surface area contributed by atoms with Crippen LogP contribution in [0.5, 0.6) is 11.5 Å². The van der Waals surface area contributed by atoms with Gasteiger partial charge in [0.2, 0.25) is 12.7 Å². The van der Waals surface area contributed by atoms with Gasteiger partial charge in [-0.3, -0.25) is 4.79 Å².